The van der Waals surface area contributed by atoms with Crippen molar-refractivity contribution in [1.29, 1.82) is 0 Å². The maximum absolute atomic E-state index is 12.6. The number of aliphatic hydroxyl groups excluding tert-OH is 1. The van der Waals surface area contributed by atoms with Gasteiger partial charge in [0.2, 0.25) is 23.5 Å². The van der Waals surface area contributed by atoms with Crippen LogP contribution in [0.4, 0.5) is 8.78 Å². The maximum Gasteiger partial charge on any atom is 0.289 e. The topological polar surface area (TPSA) is 130 Å². The Bertz CT molecular complexity index is 670. The number of piperidine rings is 1. The third kappa shape index (κ3) is 13.2. The molecule has 2 rings (SSSR count). The fraction of sp³-hybridized carbons (Fsp3) is 0.818. The molecule has 0 bridgehead atoms. The monoisotopic (exact) mass is 566 g/mol. The average Bonchev–Trinajstić information content (AvgIpc) is 3.54. The molecular formula is C22H39F2N4O5Y-. The van der Waals surface area contributed by atoms with Gasteiger partial charge in [0.05, 0.1) is 6.54 Å². The van der Waals surface area contributed by atoms with Gasteiger partial charge >= 0.3 is 0 Å². The van der Waals surface area contributed by atoms with Crippen molar-refractivity contribution in [3.8, 4) is 0 Å². The second kappa shape index (κ2) is 16.6. The quantitative estimate of drug-likeness (QED) is 0.385. The van der Waals surface area contributed by atoms with Gasteiger partial charge in [-0.05, 0) is 38.0 Å². The minimum Gasteiger partial charge on any atom is -0.652 e. The smallest absolute Gasteiger partial charge is 0.289 e. The van der Waals surface area contributed by atoms with Crippen molar-refractivity contribution in [3.63, 3.8) is 0 Å². The van der Waals surface area contributed by atoms with Crippen LogP contribution >= 0.6 is 0 Å². The van der Waals surface area contributed by atoms with E-state index >= 15 is 0 Å². The van der Waals surface area contributed by atoms with Crippen LogP contribution in [0.2, 0.25) is 0 Å². The number of amides is 3. The molecule has 195 valence electrons. The molecule has 1 unspecified atom stereocenters. The summed E-state index contributed by atoms with van der Waals surface area (Å²) < 4.78 is 22.9. The molecule has 1 saturated heterocycles. The molecule has 0 aromatic heterocycles. The zero-order chi connectivity index (χ0) is 25.8. The molecule has 1 aliphatic carbocycles. The van der Waals surface area contributed by atoms with Gasteiger partial charge in [-0.25, -0.2) is 8.78 Å². The van der Waals surface area contributed by atoms with Crippen LogP contribution in [0.5, 0.6) is 0 Å². The summed E-state index contributed by atoms with van der Waals surface area (Å²) in [5.74, 6) is -4.45. The predicted molar refractivity (Wildman–Crippen MR) is 121 cm³/mol. The minimum atomic E-state index is -2.46. The molecule has 3 amide bonds. The Morgan fingerprint density at radius 1 is 1.18 bits per heavy atom. The second-order valence-corrected chi connectivity index (χ2v) is 8.64. The molecule has 1 saturated carbocycles. The van der Waals surface area contributed by atoms with E-state index in [0.717, 1.165) is 33.3 Å². The number of alkyl halides is 2. The van der Waals surface area contributed by atoms with Crippen molar-refractivity contribution < 1.29 is 65.8 Å². The van der Waals surface area contributed by atoms with Crippen LogP contribution in [-0.2, 0) is 51.9 Å². The zero-order valence-electron chi connectivity index (χ0n) is 21.1. The molecule has 1 radical (unpaired) electrons. The van der Waals surface area contributed by atoms with E-state index in [2.05, 4.69) is 16.0 Å². The van der Waals surface area contributed by atoms with Gasteiger partial charge in [-0.1, -0.05) is 27.3 Å². The summed E-state index contributed by atoms with van der Waals surface area (Å²) in [5.41, 5.74) is 0.165. The van der Waals surface area contributed by atoms with Crippen molar-refractivity contribution >= 4 is 23.5 Å². The molecule has 0 aromatic rings. The van der Waals surface area contributed by atoms with Gasteiger partial charge in [0.25, 0.3) is 5.91 Å². The molecule has 1 heterocycles. The molecule has 34 heavy (non-hydrogen) atoms. The Labute approximate surface area is 226 Å². The summed E-state index contributed by atoms with van der Waals surface area (Å²) >= 11 is 0. The third-order valence-corrected chi connectivity index (χ3v) is 5.58. The van der Waals surface area contributed by atoms with Crippen molar-refractivity contribution in [3.05, 3.63) is 5.32 Å². The van der Waals surface area contributed by atoms with Crippen LogP contribution in [0, 0.1) is 5.41 Å². The Morgan fingerprint density at radius 2 is 1.71 bits per heavy atom. The molecule has 1 aliphatic heterocycles. The standard InChI is InChI=1S/C17H27N4O4.C4H8F2.CH4O.Y/c1-11(2)19-10-14(23)21-7-6-17(4-5-17)8-12(21)15(24)20-9-13(22)16(25)18-3;1-3-4(2,5)6;1-2;/h11-12H,4-10H2,1-3H3,(H,18,25)(H,20,24);3H2,1-2H3;2H,1H3;/q-1;;;. The summed E-state index contributed by atoms with van der Waals surface area (Å²) in [4.78, 5) is 49.4. The van der Waals surface area contributed by atoms with Gasteiger partial charge in [0.15, 0.2) is 0 Å². The Hall–Kier alpha value is -1.04. The van der Waals surface area contributed by atoms with Crippen molar-refractivity contribution in [2.24, 2.45) is 5.41 Å². The van der Waals surface area contributed by atoms with Gasteiger partial charge in [-0.3, -0.25) is 19.2 Å². The second-order valence-electron chi connectivity index (χ2n) is 8.64. The minimum absolute atomic E-state index is 0. The van der Waals surface area contributed by atoms with Crippen LogP contribution in [0.1, 0.15) is 59.8 Å². The maximum atomic E-state index is 12.6. The average molecular weight is 566 g/mol. The first-order valence-electron chi connectivity index (χ1n) is 11.2. The molecule has 2 fully saturated rings. The van der Waals surface area contributed by atoms with E-state index in [-0.39, 0.29) is 75.5 Å². The van der Waals surface area contributed by atoms with Gasteiger partial charge in [-0.15, -0.1) is 6.04 Å². The fourth-order valence-corrected chi connectivity index (χ4v) is 3.16. The number of hydrogen-bond acceptors (Lipinski definition) is 5. The SMILES string of the molecule is CCC(C)(F)F.CNC(=O)C(=O)CNC(=O)C1CC2(CCN1C(=O)C[N-]C(C)C)CC2.CO.[Y]. The predicted octanol–water partition coefficient (Wildman–Crippen LogP) is 1.63. The largest absolute Gasteiger partial charge is 0.652 e. The van der Waals surface area contributed by atoms with Gasteiger partial charge in [-0.2, -0.15) is 0 Å². The van der Waals surface area contributed by atoms with E-state index in [1.165, 1.54) is 14.0 Å². The van der Waals surface area contributed by atoms with E-state index in [9.17, 15) is 28.0 Å². The molecule has 3 N–H and O–H groups in total. The number of nitrogens with zero attached hydrogens (tertiary/aromatic N) is 2. The Morgan fingerprint density at radius 3 is 2.12 bits per heavy atom. The number of Topliss-reactive ketones (excluding diaryl/α,β-unsaturated/α-hetero) is 1. The summed E-state index contributed by atoms with van der Waals surface area (Å²) in [6.07, 6.45) is 3.60. The van der Waals surface area contributed by atoms with E-state index in [1.54, 1.807) is 4.90 Å². The molecular weight excluding hydrogens is 527 g/mol. The molecule has 1 atom stereocenters. The number of rotatable bonds is 8. The number of carbonyl (C=O) groups excluding carboxylic acids is 4. The normalized spacial score (nSPS) is 17.8. The first kappa shape index (κ1) is 35.1. The first-order valence-corrected chi connectivity index (χ1v) is 11.2. The van der Waals surface area contributed by atoms with Crippen LogP contribution < -0.4 is 10.6 Å². The molecule has 9 nitrogen and oxygen atoms in total. The number of likely N-dealkylation sites (N-methyl/N-ethyl adjacent to an activating group) is 1. The van der Waals surface area contributed by atoms with Gasteiger partial charge in [0, 0.05) is 59.8 Å². The Kier molecular flexibility index (Phi) is 17.2. The number of ketones is 1. The third-order valence-electron chi connectivity index (χ3n) is 5.58. The summed E-state index contributed by atoms with van der Waals surface area (Å²) in [6.45, 7) is 6.40. The van der Waals surface area contributed by atoms with Crippen molar-refractivity contribution in [2.75, 3.05) is 33.8 Å². The van der Waals surface area contributed by atoms with Crippen molar-refractivity contribution in [1.82, 2.24) is 15.5 Å². The van der Waals surface area contributed by atoms with Crippen LogP contribution in [0.3, 0.4) is 0 Å². The van der Waals surface area contributed by atoms with E-state index in [0.29, 0.717) is 13.0 Å². The molecule has 2 aliphatic rings. The van der Waals surface area contributed by atoms with E-state index < -0.39 is 23.7 Å². The summed E-state index contributed by atoms with van der Waals surface area (Å²) in [7, 11) is 2.36. The van der Waals surface area contributed by atoms with E-state index in [1.807, 2.05) is 13.8 Å². The van der Waals surface area contributed by atoms with E-state index in [4.69, 9.17) is 5.11 Å². The molecule has 0 aromatic carbocycles. The summed E-state index contributed by atoms with van der Waals surface area (Å²) in [6, 6.07) is -0.537. The number of hydrogen-bond donors (Lipinski definition) is 3. The van der Waals surface area contributed by atoms with Crippen molar-refractivity contribution in [2.45, 2.75) is 77.8 Å². The Balaban J connectivity index is 0. The number of carbonyl (C=O) groups is 4. The fourth-order valence-electron chi connectivity index (χ4n) is 3.16. The molecule has 1 spiro atoms. The molecule has 12 heteroatoms. The van der Waals surface area contributed by atoms with Crippen LogP contribution in [0.25, 0.3) is 5.32 Å². The zero-order valence-corrected chi connectivity index (χ0v) is 24.0. The number of aliphatic hydroxyl groups is 1. The van der Waals surface area contributed by atoms with Crippen LogP contribution in [-0.4, -0.2) is 85.3 Å². The van der Waals surface area contributed by atoms with Gasteiger partial charge in [0.1, 0.15) is 6.04 Å². The number of nitrogens with one attached hydrogen (secondary N) is 2. The first-order chi connectivity index (χ1) is 15.3. The summed E-state index contributed by atoms with van der Waals surface area (Å²) in [5, 5.41) is 16.0. The van der Waals surface area contributed by atoms with Gasteiger partial charge < -0.3 is 26.0 Å². The number of likely N-dealkylation sites (tertiary alicyclic amines) is 1. The van der Waals surface area contributed by atoms with Crippen LogP contribution in [0.15, 0.2) is 0 Å². The number of halogens is 2.